The molecule has 5 heteroatoms. The van der Waals surface area contributed by atoms with Gasteiger partial charge in [0.25, 0.3) is 0 Å². The summed E-state index contributed by atoms with van der Waals surface area (Å²) in [5.74, 6) is 1.75. The van der Waals surface area contributed by atoms with Crippen LogP contribution in [0.2, 0.25) is 0 Å². The molecule has 0 bridgehead atoms. The second kappa shape index (κ2) is 13.3. The number of hydrogen-bond acceptors (Lipinski definition) is 4. The van der Waals surface area contributed by atoms with Crippen LogP contribution in [0, 0.1) is 0 Å². The van der Waals surface area contributed by atoms with Gasteiger partial charge in [0, 0.05) is 12.2 Å². The first-order chi connectivity index (χ1) is 16.6. The molecule has 0 radical (unpaired) electrons. The average molecular weight is 462 g/mol. The Morgan fingerprint density at radius 2 is 1.62 bits per heavy atom. The molecule has 3 aromatic carbocycles. The van der Waals surface area contributed by atoms with Crippen LogP contribution in [0.15, 0.2) is 66.7 Å². The monoisotopic (exact) mass is 461 g/mol. The highest BCUT2D eigenvalue weighted by Crippen LogP contribution is 2.29. The third-order valence-electron chi connectivity index (χ3n) is 5.51. The number of ether oxygens (including phenoxy) is 2. The molecule has 0 unspecified atom stereocenters. The molecule has 0 amide bonds. The zero-order valence-electron chi connectivity index (χ0n) is 20.2. The van der Waals surface area contributed by atoms with E-state index in [-0.39, 0.29) is 6.42 Å². The summed E-state index contributed by atoms with van der Waals surface area (Å²) >= 11 is 0. The van der Waals surface area contributed by atoms with Crippen molar-refractivity contribution in [2.75, 3.05) is 18.5 Å². The number of aryl methyl sites for hydroxylation is 2. The lowest BCUT2D eigenvalue weighted by molar-refractivity contribution is -0.136. The van der Waals surface area contributed by atoms with E-state index < -0.39 is 5.97 Å². The van der Waals surface area contributed by atoms with Crippen molar-refractivity contribution in [3.05, 3.63) is 83.4 Å². The van der Waals surface area contributed by atoms with E-state index in [4.69, 9.17) is 14.6 Å². The van der Waals surface area contributed by atoms with Gasteiger partial charge < -0.3 is 19.9 Å². The topological polar surface area (TPSA) is 67.8 Å². The first-order valence-electron chi connectivity index (χ1n) is 12.1. The van der Waals surface area contributed by atoms with Gasteiger partial charge in [-0.1, -0.05) is 51.0 Å². The van der Waals surface area contributed by atoms with Crippen molar-refractivity contribution in [2.45, 2.75) is 52.4 Å². The summed E-state index contributed by atoms with van der Waals surface area (Å²) < 4.78 is 12.1. The minimum absolute atomic E-state index is 0.0682. The van der Waals surface area contributed by atoms with Crippen LogP contribution in [0.4, 0.5) is 5.69 Å². The van der Waals surface area contributed by atoms with Crippen molar-refractivity contribution >= 4 is 11.7 Å². The minimum atomic E-state index is -0.794. The summed E-state index contributed by atoms with van der Waals surface area (Å²) in [5, 5.41) is 12.6. The largest absolute Gasteiger partial charge is 0.493 e. The molecule has 0 spiro atoms. The summed E-state index contributed by atoms with van der Waals surface area (Å²) in [6, 6.07) is 21.8. The van der Waals surface area contributed by atoms with E-state index in [1.54, 1.807) is 0 Å². The van der Waals surface area contributed by atoms with Crippen LogP contribution >= 0.6 is 0 Å². The standard InChI is InChI=1S/C29H35NO4/c1-3-9-22-19-25(14-13-23(22)21-29(31)32)30-17-8-18-33-28-16-15-27(20-24(28)10-4-2)34-26-11-6-5-7-12-26/h5-7,11-16,19-20,30H,3-4,8-10,17-18,21H2,1-2H3,(H,31,32). The second-order valence-corrected chi connectivity index (χ2v) is 8.37. The Morgan fingerprint density at radius 1 is 0.853 bits per heavy atom. The van der Waals surface area contributed by atoms with Crippen LogP contribution in [0.3, 0.4) is 0 Å². The molecule has 0 saturated carbocycles. The van der Waals surface area contributed by atoms with E-state index in [9.17, 15) is 4.79 Å². The molecule has 0 heterocycles. The number of aliphatic carboxylic acids is 1. The normalized spacial score (nSPS) is 10.6. The van der Waals surface area contributed by atoms with Gasteiger partial charge in [0.1, 0.15) is 17.2 Å². The lowest BCUT2D eigenvalue weighted by atomic mass is 10.00. The molecule has 0 aliphatic heterocycles. The Labute approximate surface area is 202 Å². The third kappa shape index (κ3) is 7.84. The number of para-hydroxylation sites is 1. The quantitative estimate of drug-likeness (QED) is 0.256. The van der Waals surface area contributed by atoms with E-state index in [1.807, 2.05) is 54.6 Å². The Bertz CT molecular complexity index is 1050. The van der Waals surface area contributed by atoms with E-state index >= 15 is 0 Å². The highest BCUT2D eigenvalue weighted by molar-refractivity contribution is 5.71. The van der Waals surface area contributed by atoms with Crippen LogP contribution in [-0.4, -0.2) is 24.2 Å². The van der Waals surface area contributed by atoms with Crippen molar-refractivity contribution in [3.8, 4) is 17.2 Å². The maximum atomic E-state index is 11.1. The predicted octanol–water partition coefficient (Wildman–Crippen LogP) is 6.89. The molecule has 0 aliphatic carbocycles. The molecule has 34 heavy (non-hydrogen) atoms. The first-order valence-corrected chi connectivity index (χ1v) is 12.1. The van der Waals surface area contributed by atoms with Crippen LogP contribution in [0.25, 0.3) is 0 Å². The fraction of sp³-hybridized carbons (Fsp3) is 0.345. The van der Waals surface area contributed by atoms with Gasteiger partial charge in [-0.05, 0) is 78.4 Å². The number of benzene rings is 3. The van der Waals surface area contributed by atoms with Gasteiger partial charge in [0.05, 0.1) is 13.0 Å². The van der Waals surface area contributed by atoms with Gasteiger partial charge in [-0.2, -0.15) is 0 Å². The maximum Gasteiger partial charge on any atom is 0.307 e. The fourth-order valence-electron chi connectivity index (χ4n) is 3.91. The molecule has 180 valence electrons. The lowest BCUT2D eigenvalue weighted by Gasteiger charge is -2.14. The van der Waals surface area contributed by atoms with Gasteiger partial charge in [-0.15, -0.1) is 0 Å². The highest BCUT2D eigenvalue weighted by atomic mass is 16.5. The molecule has 2 N–H and O–H groups in total. The SMILES string of the molecule is CCCc1cc(NCCCOc2ccc(Oc3ccccc3)cc2CCC)ccc1CC(=O)O. The van der Waals surface area contributed by atoms with E-state index in [0.29, 0.717) is 6.61 Å². The second-order valence-electron chi connectivity index (χ2n) is 8.37. The molecule has 0 fully saturated rings. The zero-order chi connectivity index (χ0) is 24.2. The molecular weight excluding hydrogens is 426 g/mol. The van der Waals surface area contributed by atoms with E-state index in [0.717, 1.165) is 78.3 Å². The zero-order valence-corrected chi connectivity index (χ0v) is 20.2. The Hall–Kier alpha value is -3.47. The van der Waals surface area contributed by atoms with Crippen molar-refractivity contribution in [1.82, 2.24) is 0 Å². The summed E-state index contributed by atoms with van der Waals surface area (Å²) in [4.78, 5) is 11.1. The summed E-state index contributed by atoms with van der Waals surface area (Å²) in [6.45, 7) is 5.66. The number of carbonyl (C=O) groups is 1. The van der Waals surface area contributed by atoms with Gasteiger partial charge in [0.2, 0.25) is 0 Å². The van der Waals surface area contributed by atoms with Gasteiger partial charge in [0.15, 0.2) is 0 Å². The van der Waals surface area contributed by atoms with Crippen LogP contribution in [0.5, 0.6) is 17.2 Å². The van der Waals surface area contributed by atoms with Crippen LogP contribution in [-0.2, 0) is 24.1 Å². The van der Waals surface area contributed by atoms with E-state index in [2.05, 4.69) is 31.3 Å². The van der Waals surface area contributed by atoms with Crippen LogP contribution in [0.1, 0.15) is 49.8 Å². The number of nitrogens with one attached hydrogen (secondary N) is 1. The Balaban J connectivity index is 1.52. The number of carboxylic acid groups (broad SMARTS) is 1. The number of rotatable bonds is 14. The molecule has 5 nitrogen and oxygen atoms in total. The van der Waals surface area contributed by atoms with Crippen molar-refractivity contribution in [1.29, 1.82) is 0 Å². The predicted molar refractivity (Wildman–Crippen MR) is 137 cm³/mol. The molecule has 3 rings (SSSR count). The lowest BCUT2D eigenvalue weighted by Crippen LogP contribution is -2.09. The van der Waals surface area contributed by atoms with Gasteiger partial charge >= 0.3 is 5.97 Å². The number of carboxylic acids is 1. The van der Waals surface area contributed by atoms with Crippen LogP contribution < -0.4 is 14.8 Å². The summed E-state index contributed by atoms with van der Waals surface area (Å²) in [7, 11) is 0. The van der Waals surface area contributed by atoms with E-state index in [1.165, 1.54) is 0 Å². The smallest absolute Gasteiger partial charge is 0.307 e. The number of anilines is 1. The fourth-order valence-corrected chi connectivity index (χ4v) is 3.91. The molecular formula is C29H35NO4. The number of hydrogen-bond donors (Lipinski definition) is 2. The maximum absolute atomic E-state index is 11.1. The van der Waals surface area contributed by atoms with Gasteiger partial charge in [-0.3, -0.25) is 4.79 Å². The molecule has 0 aromatic heterocycles. The molecule has 3 aromatic rings. The van der Waals surface area contributed by atoms with Crippen molar-refractivity contribution in [2.24, 2.45) is 0 Å². The van der Waals surface area contributed by atoms with Crippen molar-refractivity contribution < 1.29 is 19.4 Å². The van der Waals surface area contributed by atoms with Crippen molar-refractivity contribution in [3.63, 3.8) is 0 Å². The molecule has 0 atom stereocenters. The third-order valence-corrected chi connectivity index (χ3v) is 5.51. The summed E-state index contributed by atoms with van der Waals surface area (Å²) in [5.41, 5.74) is 4.17. The highest BCUT2D eigenvalue weighted by Gasteiger charge is 2.09. The Morgan fingerprint density at radius 3 is 2.35 bits per heavy atom. The van der Waals surface area contributed by atoms with Gasteiger partial charge in [-0.25, -0.2) is 0 Å². The minimum Gasteiger partial charge on any atom is -0.493 e. The Kier molecular flexibility index (Phi) is 9.83. The molecule has 0 saturated heterocycles. The molecule has 0 aliphatic rings. The first kappa shape index (κ1) is 25.2. The summed E-state index contributed by atoms with van der Waals surface area (Å²) in [6.07, 6.45) is 4.75. The average Bonchev–Trinajstić information content (AvgIpc) is 2.82.